The van der Waals surface area contributed by atoms with Gasteiger partial charge in [-0.25, -0.2) is 4.79 Å². The summed E-state index contributed by atoms with van der Waals surface area (Å²) in [5.41, 5.74) is 5.13. The zero-order valence-electron chi connectivity index (χ0n) is 21.0. The van der Waals surface area contributed by atoms with Crippen molar-refractivity contribution in [2.75, 3.05) is 0 Å². The van der Waals surface area contributed by atoms with E-state index in [1.54, 1.807) is 48.5 Å². The Bertz CT molecular complexity index is 1030. The first-order valence-corrected chi connectivity index (χ1v) is 11.6. The van der Waals surface area contributed by atoms with E-state index < -0.39 is 53.8 Å². The monoisotopic (exact) mass is 512 g/mol. The number of carbonyl (C=O) groups is 5. The lowest BCUT2D eigenvalue weighted by Gasteiger charge is -2.28. The van der Waals surface area contributed by atoms with Gasteiger partial charge in [0.2, 0.25) is 17.7 Å². The van der Waals surface area contributed by atoms with Crippen molar-refractivity contribution < 1.29 is 33.4 Å². The van der Waals surface area contributed by atoms with Gasteiger partial charge in [0.05, 0.1) is 6.42 Å². The van der Waals surface area contributed by atoms with Crippen LogP contribution in [0.3, 0.4) is 0 Å². The molecular weight excluding hydrogens is 480 g/mol. The number of nitrogens with one attached hydrogen (secondary N) is 3. The SMILES string of the molecule is C[C@@H](NC(=O)C(C)(C)NC(=O)[C@@H](CC(=O)OCc1ccccc1)NC(=O)OCc1ccccc1)C(N)=O. The van der Waals surface area contributed by atoms with E-state index in [0.717, 1.165) is 11.1 Å². The minimum absolute atomic E-state index is 0.0224. The molecule has 0 aliphatic carbocycles. The van der Waals surface area contributed by atoms with Crippen molar-refractivity contribution in [3.63, 3.8) is 0 Å². The molecule has 198 valence electrons. The van der Waals surface area contributed by atoms with E-state index in [-0.39, 0.29) is 13.2 Å². The molecule has 0 fully saturated rings. The summed E-state index contributed by atoms with van der Waals surface area (Å²) in [6.07, 6.45) is -1.46. The topological polar surface area (TPSA) is 166 Å². The van der Waals surface area contributed by atoms with Crippen LogP contribution in [0.15, 0.2) is 60.7 Å². The van der Waals surface area contributed by atoms with Crippen LogP contribution in [0.2, 0.25) is 0 Å². The Labute approximate surface area is 215 Å². The second-order valence-corrected chi connectivity index (χ2v) is 8.82. The minimum atomic E-state index is -1.51. The molecule has 0 aliphatic heterocycles. The summed E-state index contributed by atoms with van der Waals surface area (Å²) >= 11 is 0. The van der Waals surface area contributed by atoms with E-state index in [1.165, 1.54) is 20.8 Å². The third-order valence-corrected chi connectivity index (χ3v) is 5.21. The first-order chi connectivity index (χ1) is 17.5. The number of amides is 4. The lowest BCUT2D eigenvalue weighted by Crippen LogP contribution is -2.61. The first-order valence-electron chi connectivity index (χ1n) is 11.6. The molecule has 2 aromatic carbocycles. The lowest BCUT2D eigenvalue weighted by molar-refractivity contribution is -0.147. The number of alkyl carbamates (subject to hydrolysis) is 1. The van der Waals surface area contributed by atoms with Crippen molar-refractivity contribution >= 4 is 29.8 Å². The van der Waals surface area contributed by atoms with Gasteiger partial charge < -0.3 is 31.2 Å². The molecule has 2 atom stereocenters. The number of ether oxygens (including phenoxy) is 2. The van der Waals surface area contributed by atoms with Crippen LogP contribution in [0.4, 0.5) is 4.79 Å². The zero-order chi connectivity index (χ0) is 27.4. The minimum Gasteiger partial charge on any atom is -0.461 e. The molecule has 0 unspecified atom stereocenters. The van der Waals surface area contributed by atoms with E-state index in [2.05, 4.69) is 16.0 Å². The maximum absolute atomic E-state index is 13.0. The van der Waals surface area contributed by atoms with Crippen molar-refractivity contribution in [2.45, 2.75) is 58.0 Å². The molecule has 0 saturated heterocycles. The molecule has 0 spiro atoms. The predicted molar refractivity (Wildman–Crippen MR) is 133 cm³/mol. The number of carbonyl (C=O) groups excluding carboxylic acids is 5. The van der Waals surface area contributed by atoms with Crippen LogP contribution in [0.5, 0.6) is 0 Å². The van der Waals surface area contributed by atoms with E-state index in [4.69, 9.17) is 15.2 Å². The molecule has 11 heteroatoms. The van der Waals surface area contributed by atoms with E-state index in [9.17, 15) is 24.0 Å². The van der Waals surface area contributed by atoms with E-state index in [0.29, 0.717) is 0 Å². The van der Waals surface area contributed by atoms with Crippen LogP contribution in [0.1, 0.15) is 38.3 Å². The standard InChI is InChI=1S/C26H32N4O7/c1-17(22(27)32)28-24(34)26(2,3)30-23(33)20(14-21(31)36-15-18-10-6-4-7-11-18)29-25(35)37-16-19-12-8-5-9-13-19/h4-13,17,20H,14-16H2,1-3H3,(H2,27,32)(H,28,34)(H,29,35)(H,30,33)/t17-,20-/m1/s1. The summed E-state index contributed by atoms with van der Waals surface area (Å²) < 4.78 is 10.4. The fourth-order valence-corrected chi connectivity index (χ4v) is 2.98. The van der Waals surface area contributed by atoms with Gasteiger partial charge in [-0.15, -0.1) is 0 Å². The van der Waals surface area contributed by atoms with Gasteiger partial charge in [-0.05, 0) is 31.9 Å². The second kappa shape index (κ2) is 13.6. The molecule has 2 rings (SSSR count). The Balaban J connectivity index is 2.06. The smallest absolute Gasteiger partial charge is 0.408 e. The van der Waals surface area contributed by atoms with Gasteiger partial charge in [0.1, 0.15) is 30.8 Å². The van der Waals surface area contributed by atoms with Gasteiger partial charge in [-0.1, -0.05) is 60.7 Å². The normalized spacial score (nSPS) is 12.4. The summed E-state index contributed by atoms with van der Waals surface area (Å²) in [6, 6.07) is 15.4. The van der Waals surface area contributed by atoms with Gasteiger partial charge >= 0.3 is 12.1 Å². The third kappa shape index (κ3) is 10.0. The van der Waals surface area contributed by atoms with Crippen molar-refractivity contribution in [1.29, 1.82) is 0 Å². The number of esters is 1. The van der Waals surface area contributed by atoms with E-state index in [1.807, 2.05) is 12.1 Å². The summed E-state index contributed by atoms with van der Waals surface area (Å²) in [6.45, 7) is 4.11. The number of nitrogens with two attached hydrogens (primary N) is 1. The summed E-state index contributed by atoms with van der Waals surface area (Å²) in [5.74, 6) is -3.03. The molecular formula is C26H32N4O7. The Morgan fingerprint density at radius 3 is 1.86 bits per heavy atom. The summed E-state index contributed by atoms with van der Waals surface area (Å²) in [4.78, 5) is 61.8. The fraction of sp³-hybridized carbons (Fsp3) is 0.346. The number of hydrogen-bond donors (Lipinski definition) is 4. The molecule has 0 radical (unpaired) electrons. The summed E-state index contributed by atoms with van der Waals surface area (Å²) in [7, 11) is 0. The van der Waals surface area contributed by atoms with Crippen molar-refractivity contribution in [3.05, 3.63) is 71.8 Å². The molecule has 37 heavy (non-hydrogen) atoms. The molecule has 5 N–H and O–H groups in total. The Hall–Kier alpha value is -4.41. The van der Waals surface area contributed by atoms with Crippen LogP contribution in [-0.4, -0.2) is 47.4 Å². The summed E-state index contributed by atoms with van der Waals surface area (Å²) in [5, 5.41) is 7.22. The molecule has 0 heterocycles. The van der Waals surface area contributed by atoms with E-state index >= 15 is 0 Å². The molecule has 4 amide bonds. The lowest BCUT2D eigenvalue weighted by atomic mass is 10.0. The van der Waals surface area contributed by atoms with Gasteiger partial charge in [0.25, 0.3) is 0 Å². The van der Waals surface area contributed by atoms with Crippen molar-refractivity contribution in [3.8, 4) is 0 Å². The number of hydrogen-bond acceptors (Lipinski definition) is 7. The Morgan fingerprint density at radius 1 is 0.838 bits per heavy atom. The fourth-order valence-electron chi connectivity index (χ4n) is 2.98. The molecule has 0 saturated carbocycles. The molecule has 0 bridgehead atoms. The number of primary amides is 1. The largest absolute Gasteiger partial charge is 0.461 e. The number of rotatable bonds is 12. The predicted octanol–water partition coefficient (Wildman–Crippen LogP) is 1.30. The maximum atomic E-state index is 13.0. The van der Waals surface area contributed by atoms with Crippen LogP contribution in [0.25, 0.3) is 0 Å². The third-order valence-electron chi connectivity index (χ3n) is 5.21. The van der Waals surface area contributed by atoms with Gasteiger partial charge in [-0.3, -0.25) is 19.2 Å². The maximum Gasteiger partial charge on any atom is 0.408 e. The highest BCUT2D eigenvalue weighted by molar-refractivity contribution is 5.96. The average molecular weight is 513 g/mol. The van der Waals surface area contributed by atoms with Crippen molar-refractivity contribution in [1.82, 2.24) is 16.0 Å². The Morgan fingerprint density at radius 2 is 1.35 bits per heavy atom. The first kappa shape index (κ1) is 28.8. The van der Waals surface area contributed by atoms with Gasteiger partial charge in [0.15, 0.2) is 0 Å². The number of benzene rings is 2. The molecule has 0 aromatic heterocycles. The quantitative estimate of drug-likeness (QED) is 0.311. The zero-order valence-corrected chi connectivity index (χ0v) is 21.0. The molecule has 2 aromatic rings. The van der Waals surface area contributed by atoms with Crippen LogP contribution in [0, 0.1) is 0 Å². The van der Waals surface area contributed by atoms with Crippen LogP contribution in [-0.2, 0) is 41.9 Å². The molecule has 11 nitrogen and oxygen atoms in total. The second-order valence-electron chi connectivity index (χ2n) is 8.82. The highest BCUT2D eigenvalue weighted by Crippen LogP contribution is 2.08. The highest BCUT2D eigenvalue weighted by atomic mass is 16.5. The van der Waals surface area contributed by atoms with Crippen molar-refractivity contribution in [2.24, 2.45) is 5.73 Å². The van der Waals surface area contributed by atoms with Crippen LogP contribution >= 0.6 is 0 Å². The van der Waals surface area contributed by atoms with Crippen LogP contribution < -0.4 is 21.7 Å². The average Bonchev–Trinajstić information content (AvgIpc) is 2.86. The Kier molecular flexibility index (Phi) is 10.6. The molecule has 0 aliphatic rings. The van der Waals surface area contributed by atoms with Gasteiger partial charge in [-0.2, -0.15) is 0 Å². The van der Waals surface area contributed by atoms with Gasteiger partial charge in [0, 0.05) is 0 Å². The highest BCUT2D eigenvalue weighted by Gasteiger charge is 2.35.